The Morgan fingerprint density at radius 2 is 2.20 bits per heavy atom. The molecule has 0 bridgehead atoms. The Morgan fingerprint density at radius 1 is 1.60 bits per heavy atom. The van der Waals surface area contributed by atoms with Crippen LogP contribution in [0.25, 0.3) is 0 Å². The number of anilines is 1. The van der Waals surface area contributed by atoms with E-state index in [-0.39, 0.29) is 15.2 Å². The lowest BCUT2D eigenvalue weighted by atomic mass is 10.3. The molecule has 0 saturated heterocycles. The normalized spacial score (nSPS) is 13.4. The number of sulfonamides is 1. The van der Waals surface area contributed by atoms with E-state index in [1.807, 2.05) is 0 Å². The third-order valence-corrected chi connectivity index (χ3v) is 5.53. The molecule has 0 saturated carbocycles. The van der Waals surface area contributed by atoms with E-state index in [2.05, 4.69) is 20.7 Å². The molecule has 1 rings (SSSR count). The quantitative estimate of drug-likeness (QED) is 0.578. The number of halogens is 3. The average molecular weight is 390 g/mol. The number of benzene rings is 1. The number of rotatable bonds is 6. The highest BCUT2D eigenvalue weighted by atomic mass is 79.9. The number of hydrogen-bond acceptors (Lipinski definition) is 4. The summed E-state index contributed by atoms with van der Waals surface area (Å²) in [6, 6.07) is 0.603. The highest BCUT2D eigenvalue weighted by molar-refractivity contribution is 9.10. The van der Waals surface area contributed by atoms with Gasteiger partial charge in [0.05, 0.1) is 15.2 Å². The van der Waals surface area contributed by atoms with Gasteiger partial charge in [0.1, 0.15) is 4.90 Å². The van der Waals surface area contributed by atoms with Crippen molar-refractivity contribution >= 4 is 43.2 Å². The third kappa shape index (κ3) is 4.05. The van der Waals surface area contributed by atoms with E-state index >= 15 is 0 Å². The third-order valence-electron chi connectivity index (χ3n) is 2.56. The predicted octanol–water partition coefficient (Wildman–Crippen LogP) is 2.53. The second-order valence-electron chi connectivity index (χ2n) is 4.20. The second-order valence-corrected chi connectivity index (χ2v) is 7.08. The molecule has 3 N–H and O–H groups in total. The number of methoxy groups -OCH3 is 1. The van der Waals surface area contributed by atoms with Crippen LogP contribution in [0.3, 0.4) is 0 Å². The first-order chi connectivity index (χ1) is 9.20. The second kappa shape index (κ2) is 7.04. The zero-order valence-corrected chi connectivity index (χ0v) is 14.1. The van der Waals surface area contributed by atoms with Crippen LogP contribution in [0.15, 0.2) is 15.4 Å². The molecule has 0 heterocycles. The lowest BCUT2D eigenvalue weighted by Gasteiger charge is -2.15. The molecular formula is C11H15BrClFN2O3S. The smallest absolute Gasteiger partial charge is 0.243 e. The largest absolute Gasteiger partial charge is 0.395 e. The molecule has 9 heteroatoms. The maximum atomic E-state index is 14.0. The Hall–Kier alpha value is -0.410. The Labute approximate surface area is 130 Å². The van der Waals surface area contributed by atoms with Gasteiger partial charge in [-0.05, 0) is 35.3 Å². The standard InChI is InChI=1S/C11H15BrClFN2O3S/c1-6(3-4-19-2)16-20(17,18)8-5-7(13)9(12)11(15)10(8)14/h5-6,16H,3-4,15H2,1-2H3. The minimum Gasteiger partial charge on any atom is -0.395 e. The molecule has 5 nitrogen and oxygen atoms in total. The molecule has 0 aliphatic rings. The van der Waals surface area contributed by atoms with Crippen LogP contribution < -0.4 is 10.5 Å². The zero-order chi connectivity index (χ0) is 15.5. The maximum absolute atomic E-state index is 14.0. The molecule has 0 aliphatic carbocycles. The SMILES string of the molecule is COCCC(C)NS(=O)(=O)c1cc(Cl)c(Br)c(N)c1F. The van der Waals surface area contributed by atoms with Gasteiger partial charge in [-0.25, -0.2) is 17.5 Å². The Kier molecular flexibility index (Phi) is 6.21. The fourth-order valence-corrected chi connectivity index (χ4v) is 3.43. The highest BCUT2D eigenvalue weighted by Gasteiger charge is 2.25. The number of nitrogens with one attached hydrogen (secondary N) is 1. The van der Waals surface area contributed by atoms with Crippen molar-refractivity contribution in [3.8, 4) is 0 Å². The van der Waals surface area contributed by atoms with E-state index < -0.39 is 26.8 Å². The highest BCUT2D eigenvalue weighted by Crippen LogP contribution is 2.34. The number of hydrogen-bond donors (Lipinski definition) is 2. The zero-order valence-electron chi connectivity index (χ0n) is 10.9. The molecule has 1 unspecified atom stereocenters. The van der Waals surface area contributed by atoms with Crippen molar-refractivity contribution in [1.29, 1.82) is 0 Å². The van der Waals surface area contributed by atoms with E-state index in [1.165, 1.54) is 7.11 Å². The number of nitrogen functional groups attached to an aromatic ring is 1. The topological polar surface area (TPSA) is 81.4 Å². The van der Waals surface area contributed by atoms with Gasteiger partial charge in [-0.15, -0.1) is 0 Å². The maximum Gasteiger partial charge on any atom is 0.243 e. The molecule has 1 atom stereocenters. The van der Waals surface area contributed by atoms with Crippen LogP contribution in [0.5, 0.6) is 0 Å². The van der Waals surface area contributed by atoms with Crippen LogP contribution >= 0.6 is 27.5 Å². The summed E-state index contributed by atoms with van der Waals surface area (Å²) in [5.74, 6) is -1.03. The van der Waals surface area contributed by atoms with Gasteiger partial charge in [0.2, 0.25) is 10.0 Å². The predicted molar refractivity (Wildman–Crippen MR) is 79.8 cm³/mol. The summed E-state index contributed by atoms with van der Waals surface area (Å²) in [6.07, 6.45) is 0.455. The van der Waals surface area contributed by atoms with E-state index in [9.17, 15) is 12.8 Å². The molecule has 0 amide bonds. The van der Waals surface area contributed by atoms with Gasteiger partial charge in [0, 0.05) is 19.8 Å². The Morgan fingerprint density at radius 3 is 2.75 bits per heavy atom. The minimum absolute atomic E-state index is 0.0221. The van der Waals surface area contributed by atoms with Crippen molar-refractivity contribution in [3.05, 3.63) is 21.4 Å². The van der Waals surface area contributed by atoms with Crippen molar-refractivity contribution in [2.24, 2.45) is 0 Å². The first-order valence-electron chi connectivity index (χ1n) is 5.65. The molecule has 114 valence electrons. The number of ether oxygens (including phenoxy) is 1. The van der Waals surface area contributed by atoms with Gasteiger partial charge in [-0.1, -0.05) is 11.6 Å². The molecule has 0 radical (unpaired) electrons. The molecular weight excluding hydrogens is 375 g/mol. The molecule has 1 aromatic carbocycles. The van der Waals surface area contributed by atoms with Gasteiger partial charge < -0.3 is 10.5 Å². The van der Waals surface area contributed by atoms with E-state index in [0.29, 0.717) is 13.0 Å². The van der Waals surface area contributed by atoms with Crippen molar-refractivity contribution in [3.63, 3.8) is 0 Å². The fourth-order valence-electron chi connectivity index (χ4n) is 1.48. The molecule has 20 heavy (non-hydrogen) atoms. The Balaban J connectivity index is 3.11. The van der Waals surface area contributed by atoms with Crippen LogP contribution in [0.4, 0.5) is 10.1 Å². The van der Waals surface area contributed by atoms with Gasteiger partial charge in [-0.2, -0.15) is 0 Å². The van der Waals surface area contributed by atoms with Crippen LogP contribution in [0.2, 0.25) is 5.02 Å². The summed E-state index contributed by atoms with van der Waals surface area (Å²) in [5, 5.41) is 0.0221. The summed E-state index contributed by atoms with van der Waals surface area (Å²) in [4.78, 5) is -0.576. The van der Waals surface area contributed by atoms with Gasteiger partial charge in [0.15, 0.2) is 5.82 Å². The van der Waals surface area contributed by atoms with Crippen LogP contribution in [0, 0.1) is 5.82 Å². The first-order valence-corrected chi connectivity index (χ1v) is 8.30. The minimum atomic E-state index is -4.05. The van der Waals surface area contributed by atoms with E-state index in [1.54, 1.807) is 6.92 Å². The van der Waals surface area contributed by atoms with Gasteiger partial charge in [0.25, 0.3) is 0 Å². The lowest BCUT2D eigenvalue weighted by molar-refractivity contribution is 0.188. The summed E-state index contributed by atoms with van der Waals surface area (Å²) in [6.45, 7) is 2.04. The number of nitrogens with two attached hydrogens (primary N) is 1. The fraction of sp³-hybridized carbons (Fsp3) is 0.455. The molecule has 0 fully saturated rings. The monoisotopic (exact) mass is 388 g/mol. The van der Waals surface area contributed by atoms with Gasteiger partial charge in [-0.3, -0.25) is 0 Å². The Bertz CT molecular complexity index is 598. The summed E-state index contributed by atoms with van der Waals surface area (Å²) in [7, 11) is -2.54. The molecule has 0 spiro atoms. The van der Waals surface area contributed by atoms with E-state index in [4.69, 9.17) is 22.1 Å². The molecule has 0 aromatic heterocycles. The first kappa shape index (κ1) is 17.6. The van der Waals surface area contributed by atoms with Crippen LogP contribution in [-0.4, -0.2) is 28.2 Å². The van der Waals surface area contributed by atoms with Crippen molar-refractivity contribution in [2.75, 3.05) is 19.5 Å². The van der Waals surface area contributed by atoms with Crippen molar-refractivity contribution in [2.45, 2.75) is 24.3 Å². The van der Waals surface area contributed by atoms with Crippen LogP contribution in [-0.2, 0) is 14.8 Å². The lowest BCUT2D eigenvalue weighted by Crippen LogP contribution is -2.34. The molecule has 0 aliphatic heterocycles. The molecule has 1 aromatic rings. The van der Waals surface area contributed by atoms with Crippen molar-refractivity contribution in [1.82, 2.24) is 4.72 Å². The summed E-state index contributed by atoms with van der Waals surface area (Å²) >= 11 is 8.80. The average Bonchev–Trinajstić information content (AvgIpc) is 2.37. The summed E-state index contributed by atoms with van der Waals surface area (Å²) in [5.41, 5.74) is 5.13. The summed E-state index contributed by atoms with van der Waals surface area (Å²) < 4.78 is 45.6. The van der Waals surface area contributed by atoms with Crippen molar-refractivity contribution < 1.29 is 17.5 Å². The van der Waals surface area contributed by atoms with Gasteiger partial charge >= 0.3 is 0 Å². The van der Waals surface area contributed by atoms with E-state index in [0.717, 1.165) is 6.07 Å². The van der Waals surface area contributed by atoms with Crippen LogP contribution in [0.1, 0.15) is 13.3 Å².